The van der Waals surface area contributed by atoms with E-state index in [1.807, 2.05) is 53.9 Å². The monoisotopic (exact) mass is 463 g/mol. The van der Waals surface area contributed by atoms with E-state index in [9.17, 15) is 8.42 Å². The topological polar surface area (TPSA) is 72.7 Å². The number of nitrogens with zero attached hydrogens (tertiary/aromatic N) is 2. The number of aromatic nitrogens is 2. The summed E-state index contributed by atoms with van der Waals surface area (Å²) in [6.07, 6.45) is 1.95. The van der Waals surface area contributed by atoms with Crippen LogP contribution < -0.4 is 9.50 Å². The Kier molecular flexibility index (Phi) is 5.70. The first-order valence-corrected chi connectivity index (χ1v) is 12.2. The van der Waals surface area contributed by atoms with Crippen LogP contribution in [-0.2, 0) is 10.1 Å². The van der Waals surface area contributed by atoms with Crippen LogP contribution >= 0.6 is 0 Å². The third-order valence-electron chi connectivity index (χ3n) is 5.19. The average Bonchev–Trinajstić information content (AvgIpc) is 3.04. The molecule has 0 aliphatic heterocycles. The molecular formula is C26H29N3O3S. The van der Waals surface area contributed by atoms with E-state index in [4.69, 9.17) is 9.17 Å². The van der Waals surface area contributed by atoms with Crippen LogP contribution in [-0.4, -0.2) is 23.3 Å². The fraction of sp³-hybridized carbons (Fsp3) is 0.269. The van der Waals surface area contributed by atoms with Crippen LogP contribution in [0.1, 0.15) is 37.5 Å². The van der Waals surface area contributed by atoms with Gasteiger partial charge < -0.3 is 9.50 Å². The van der Waals surface area contributed by atoms with Crippen molar-refractivity contribution in [2.24, 2.45) is 0 Å². The van der Waals surface area contributed by atoms with Crippen LogP contribution in [0.25, 0.3) is 16.9 Å². The molecule has 2 heterocycles. The number of fused-ring (bicyclic) bond motifs is 1. The molecule has 0 atom stereocenters. The maximum atomic E-state index is 13.1. The largest absolute Gasteiger partial charge is 0.379 e. The second kappa shape index (κ2) is 8.23. The maximum absolute atomic E-state index is 13.1. The highest BCUT2D eigenvalue weighted by atomic mass is 32.2. The number of benzene rings is 2. The predicted octanol–water partition coefficient (Wildman–Crippen LogP) is 5.90. The van der Waals surface area contributed by atoms with Gasteiger partial charge in [0.05, 0.1) is 0 Å². The number of nitrogens with one attached hydrogen (secondary N) is 1. The van der Waals surface area contributed by atoms with Crippen molar-refractivity contribution in [1.29, 1.82) is 0 Å². The normalized spacial score (nSPS) is 12.2. The van der Waals surface area contributed by atoms with Gasteiger partial charge in [-0.15, -0.1) is 0 Å². The van der Waals surface area contributed by atoms with Crippen LogP contribution in [0.2, 0.25) is 0 Å². The molecule has 4 aromatic rings. The highest BCUT2D eigenvalue weighted by molar-refractivity contribution is 7.87. The molecule has 0 aliphatic carbocycles. The molecule has 0 unspecified atom stereocenters. The van der Waals surface area contributed by atoms with Crippen LogP contribution in [0.15, 0.2) is 65.7 Å². The van der Waals surface area contributed by atoms with Crippen LogP contribution in [0.4, 0.5) is 5.82 Å². The van der Waals surface area contributed by atoms with Crippen molar-refractivity contribution in [3.8, 4) is 17.0 Å². The van der Waals surface area contributed by atoms with Crippen LogP contribution in [0.5, 0.6) is 5.75 Å². The van der Waals surface area contributed by atoms with Crippen molar-refractivity contribution < 1.29 is 12.6 Å². The molecule has 1 N–H and O–H groups in total. The van der Waals surface area contributed by atoms with E-state index in [0.717, 1.165) is 28.3 Å². The van der Waals surface area contributed by atoms with Gasteiger partial charge >= 0.3 is 10.1 Å². The van der Waals surface area contributed by atoms with Gasteiger partial charge in [-0.2, -0.15) is 8.42 Å². The second-order valence-electron chi connectivity index (χ2n) is 9.41. The average molecular weight is 464 g/mol. The molecular weight excluding hydrogens is 434 g/mol. The van der Waals surface area contributed by atoms with Crippen LogP contribution in [0.3, 0.4) is 0 Å². The molecule has 0 radical (unpaired) electrons. The van der Waals surface area contributed by atoms with Gasteiger partial charge in [0.2, 0.25) is 0 Å². The Labute approximate surface area is 195 Å². The Balaban J connectivity index is 1.77. The molecule has 4 rings (SSSR count). The molecule has 2 aromatic carbocycles. The fourth-order valence-corrected chi connectivity index (χ4v) is 5.44. The molecule has 0 amide bonds. The number of aryl methyl sites for hydroxylation is 3. The van der Waals surface area contributed by atoms with Crippen molar-refractivity contribution in [3.05, 3.63) is 77.5 Å². The molecule has 2 aromatic heterocycles. The zero-order valence-corrected chi connectivity index (χ0v) is 20.6. The van der Waals surface area contributed by atoms with E-state index in [1.165, 1.54) is 0 Å². The van der Waals surface area contributed by atoms with Gasteiger partial charge in [0.15, 0.2) is 0 Å². The molecule has 0 fully saturated rings. The summed E-state index contributed by atoms with van der Waals surface area (Å²) in [7, 11) is -4.00. The minimum atomic E-state index is -4.00. The second-order valence-corrected chi connectivity index (χ2v) is 10.9. The lowest BCUT2D eigenvalue weighted by atomic mass is 10.1. The maximum Gasteiger partial charge on any atom is 0.339 e. The summed E-state index contributed by atoms with van der Waals surface area (Å²) < 4.78 is 33.9. The molecule has 0 saturated carbocycles. The first kappa shape index (κ1) is 22.9. The Morgan fingerprint density at radius 2 is 1.64 bits per heavy atom. The Morgan fingerprint density at radius 3 is 2.30 bits per heavy atom. The predicted molar refractivity (Wildman–Crippen MR) is 132 cm³/mol. The van der Waals surface area contributed by atoms with Gasteiger partial charge in [-0.05, 0) is 76.9 Å². The summed E-state index contributed by atoms with van der Waals surface area (Å²) in [6, 6.07) is 16.6. The van der Waals surface area contributed by atoms with Gasteiger partial charge in [0.25, 0.3) is 0 Å². The minimum absolute atomic E-state index is 0.196. The number of rotatable bonds is 5. The molecule has 172 valence electrons. The molecule has 0 bridgehead atoms. The van der Waals surface area contributed by atoms with Crippen molar-refractivity contribution in [1.82, 2.24) is 9.38 Å². The first-order valence-electron chi connectivity index (χ1n) is 10.8. The number of pyridine rings is 1. The van der Waals surface area contributed by atoms with E-state index < -0.39 is 10.1 Å². The Hall–Kier alpha value is -3.32. The van der Waals surface area contributed by atoms with E-state index in [2.05, 4.69) is 26.1 Å². The number of hydrogen-bond acceptors (Lipinski definition) is 5. The summed E-state index contributed by atoms with van der Waals surface area (Å²) in [5.74, 6) is 1.08. The zero-order valence-electron chi connectivity index (χ0n) is 19.8. The van der Waals surface area contributed by atoms with Gasteiger partial charge in [0, 0.05) is 17.3 Å². The van der Waals surface area contributed by atoms with Crippen molar-refractivity contribution in [2.45, 2.75) is 52.0 Å². The quantitative estimate of drug-likeness (QED) is 0.373. The minimum Gasteiger partial charge on any atom is -0.379 e. The lowest BCUT2D eigenvalue weighted by Gasteiger charge is -2.22. The van der Waals surface area contributed by atoms with Gasteiger partial charge in [-0.1, -0.05) is 35.9 Å². The van der Waals surface area contributed by atoms with E-state index in [0.29, 0.717) is 11.1 Å². The Morgan fingerprint density at radius 1 is 0.939 bits per heavy atom. The number of hydrogen-bond donors (Lipinski definition) is 1. The fourth-order valence-electron chi connectivity index (χ4n) is 4.10. The molecule has 0 spiro atoms. The third kappa shape index (κ3) is 4.73. The van der Waals surface area contributed by atoms with E-state index in [-0.39, 0.29) is 16.2 Å². The zero-order chi connectivity index (χ0) is 24.0. The summed E-state index contributed by atoms with van der Waals surface area (Å²) in [6.45, 7) is 11.8. The molecule has 0 aliphatic rings. The highest BCUT2D eigenvalue weighted by Gasteiger charge is 2.24. The van der Waals surface area contributed by atoms with Crippen molar-refractivity contribution in [2.75, 3.05) is 5.32 Å². The number of imidazole rings is 1. The number of anilines is 1. The van der Waals surface area contributed by atoms with Crippen LogP contribution in [0, 0.1) is 20.8 Å². The molecule has 6 nitrogen and oxygen atoms in total. The molecule has 33 heavy (non-hydrogen) atoms. The van der Waals surface area contributed by atoms with Crippen molar-refractivity contribution >= 4 is 21.6 Å². The lowest BCUT2D eigenvalue weighted by Crippen LogP contribution is -2.27. The van der Waals surface area contributed by atoms with Crippen molar-refractivity contribution in [3.63, 3.8) is 0 Å². The first-order chi connectivity index (χ1) is 15.4. The lowest BCUT2D eigenvalue weighted by molar-refractivity contribution is 0.485. The summed E-state index contributed by atoms with van der Waals surface area (Å²) in [5, 5.41) is 3.53. The standard InChI is InChI=1S/C26H29N3O3S/c1-17-14-18(2)24(19(3)15-17)33(30,31)32-21-11-9-10-20(16-21)23-25(28-26(4,5)6)29-13-8-7-12-22(29)27-23/h7-16,28H,1-6H3. The molecule has 0 saturated heterocycles. The van der Waals surface area contributed by atoms with Gasteiger partial charge in [-0.3, -0.25) is 4.40 Å². The van der Waals surface area contributed by atoms with E-state index in [1.54, 1.807) is 32.0 Å². The third-order valence-corrected chi connectivity index (χ3v) is 6.75. The van der Waals surface area contributed by atoms with Gasteiger partial charge in [-0.25, -0.2) is 4.98 Å². The smallest absolute Gasteiger partial charge is 0.339 e. The summed E-state index contributed by atoms with van der Waals surface area (Å²) in [5.41, 5.74) is 4.43. The SMILES string of the molecule is Cc1cc(C)c(S(=O)(=O)Oc2cccc(-c3nc4ccccn4c3NC(C)(C)C)c2)c(C)c1. The summed E-state index contributed by atoms with van der Waals surface area (Å²) >= 11 is 0. The highest BCUT2D eigenvalue weighted by Crippen LogP contribution is 2.33. The van der Waals surface area contributed by atoms with Gasteiger partial charge in [0.1, 0.15) is 27.8 Å². The van der Waals surface area contributed by atoms with E-state index >= 15 is 0 Å². The summed E-state index contributed by atoms with van der Waals surface area (Å²) in [4.78, 5) is 5.01. The Bertz CT molecular complexity index is 1420. The molecule has 7 heteroatoms.